The second kappa shape index (κ2) is 5.33. The fraction of sp³-hybridized carbons (Fsp3) is 0.583. The second-order valence-corrected chi connectivity index (χ2v) is 4.64. The van der Waals surface area contributed by atoms with E-state index in [1.54, 1.807) is 4.90 Å². The van der Waals surface area contributed by atoms with Crippen molar-refractivity contribution < 1.29 is 4.79 Å². The summed E-state index contributed by atoms with van der Waals surface area (Å²) < 4.78 is 0. The summed E-state index contributed by atoms with van der Waals surface area (Å²) in [4.78, 5) is 19.0. The highest BCUT2D eigenvalue weighted by Crippen LogP contribution is 2.12. The van der Waals surface area contributed by atoms with E-state index in [0.717, 1.165) is 25.3 Å². The van der Waals surface area contributed by atoms with E-state index in [9.17, 15) is 4.79 Å². The lowest BCUT2D eigenvalue weighted by Gasteiger charge is -2.31. The van der Waals surface area contributed by atoms with Gasteiger partial charge < -0.3 is 20.1 Å². The molecule has 5 nitrogen and oxygen atoms in total. The van der Waals surface area contributed by atoms with Gasteiger partial charge in [0, 0.05) is 51.5 Å². The third kappa shape index (κ3) is 3.08. The van der Waals surface area contributed by atoms with Crippen LogP contribution in [0, 0.1) is 0 Å². The highest BCUT2D eigenvalue weighted by molar-refractivity contribution is 5.93. The van der Waals surface area contributed by atoms with Gasteiger partial charge in [-0.3, -0.25) is 4.79 Å². The van der Waals surface area contributed by atoms with Gasteiger partial charge in [0.25, 0.3) is 0 Å². The minimum absolute atomic E-state index is 0.150. The summed E-state index contributed by atoms with van der Waals surface area (Å²) >= 11 is 0. The number of anilines is 1. The first-order chi connectivity index (χ1) is 8.16. The predicted molar refractivity (Wildman–Crippen MR) is 68.1 cm³/mol. The van der Waals surface area contributed by atoms with Crippen LogP contribution in [0.5, 0.6) is 0 Å². The second-order valence-electron chi connectivity index (χ2n) is 4.64. The molecular weight excluding hydrogens is 216 g/mol. The molecule has 1 aromatic rings. The molecule has 1 fully saturated rings. The smallest absolute Gasteiger partial charge is 0.228 e. The fourth-order valence-electron chi connectivity index (χ4n) is 2.14. The number of carbonyl (C=O) groups is 1. The molecule has 1 amide bonds. The maximum atomic E-state index is 12.1. The Bertz CT molecular complexity index is 363. The molecule has 0 saturated carbocycles. The van der Waals surface area contributed by atoms with Crippen LogP contribution in [0.2, 0.25) is 0 Å². The van der Waals surface area contributed by atoms with Crippen LogP contribution in [0.4, 0.5) is 5.69 Å². The van der Waals surface area contributed by atoms with Crippen LogP contribution in [0.3, 0.4) is 0 Å². The average molecular weight is 236 g/mol. The monoisotopic (exact) mass is 236 g/mol. The van der Waals surface area contributed by atoms with Gasteiger partial charge in [-0.1, -0.05) is 0 Å². The summed E-state index contributed by atoms with van der Waals surface area (Å²) in [5.41, 5.74) is 0.916. The van der Waals surface area contributed by atoms with Gasteiger partial charge in [0.2, 0.25) is 5.91 Å². The maximum Gasteiger partial charge on any atom is 0.228 e. The van der Waals surface area contributed by atoms with E-state index in [4.69, 9.17) is 0 Å². The van der Waals surface area contributed by atoms with E-state index in [-0.39, 0.29) is 11.9 Å². The summed E-state index contributed by atoms with van der Waals surface area (Å²) in [5, 5.41) is 3.38. The Balaban J connectivity index is 1.88. The molecule has 2 heterocycles. The first-order valence-electron chi connectivity index (χ1n) is 5.98. The van der Waals surface area contributed by atoms with Crippen molar-refractivity contribution in [3.63, 3.8) is 0 Å². The molecule has 1 aliphatic rings. The highest BCUT2D eigenvalue weighted by Gasteiger charge is 2.21. The SMILES string of the molecule is CN1CCNC(CC(=O)N(C)c2cc[nH]c2)C1. The standard InChI is InChI=1S/C12H20N4O/c1-15-6-5-14-10(9-15)7-12(17)16(2)11-3-4-13-8-11/h3-4,8,10,13-14H,5-7,9H2,1-2H3. The average Bonchev–Trinajstić information content (AvgIpc) is 2.81. The number of hydrogen-bond acceptors (Lipinski definition) is 3. The van der Waals surface area contributed by atoms with E-state index in [2.05, 4.69) is 22.2 Å². The van der Waals surface area contributed by atoms with Gasteiger partial charge in [0.1, 0.15) is 0 Å². The number of hydrogen-bond donors (Lipinski definition) is 2. The molecule has 2 N–H and O–H groups in total. The molecule has 1 aliphatic heterocycles. The van der Waals surface area contributed by atoms with Gasteiger partial charge in [-0.05, 0) is 13.1 Å². The number of likely N-dealkylation sites (N-methyl/N-ethyl adjacent to an activating group) is 1. The number of amides is 1. The molecule has 1 aromatic heterocycles. The number of H-pyrrole nitrogens is 1. The summed E-state index contributed by atoms with van der Waals surface area (Å²) in [6, 6.07) is 2.17. The summed E-state index contributed by atoms with van der Waals surface area (Å²) in [6.45, 7) is 2.95. The molecule has 1 unspecified atom stereocenters. The number of aromatic amines is 1. The lowest BCUT2D eigenvalue weighted by molar-refractivity contribution is -0.119. The lowest BCUT2D eigenvalue weighted by atomic mass is 10.1. The summed E-state index contributed by atoms with van der Waals surface area (Å²) in [7, 11) is 3.91. The molecule has 0 radical (unpaired) electrons. The third-order valence-electron chi connectivity index (χ3n) is 3.22. The number of nitrogens with zero attached hydrogens (tertiary/aromatic N) is 2. The Morgan fingerprint density at radius 2 is 2.47 bits per heavy atom. The number of rotatable bonds is 3. The first-order valence-corrected chi connectivity index (χ1v) is 5.98. The first kappa shape index (κ1) is 12.1. The Labute approximate surface area is 102 Å². The zero-order valence-corrected chi connectivity index (χ0v) is 10.4. The molecule has 17 heavy (non-hydrogen) atoms. The van der Waals surface area contributed by atoms with Gasteiger partial charge in [0.05, 0.1) is 5.69 Å². The van der Waals surface area contributed by atoms with Crippen LogP contribution in [0.1, 0.15) is 6.42 Å². The Kier molecular flexibility index (Phi) is 3.81. The molecule has 94 valence electrons. The van der Waals surface area contributed by atoms with Crippen LogP contribution in [-0.2, 0) is 4.79 Å². The van der Waals surface area contributed by atoms with Crippen molar-refractivity contribution in [2.75, 3.05) is 38.6 Å². The third-order valence-corrected chi connectivity index (χ3v) is 3.22. The largest absolute Gasteiger partial charge is 0.366 e. The van der Waals surface area contributed by atoms with Gasteiger partial charge in [-0.15, -0.1) is 0 Å². The maximum absolute atomic E-state index is 12.1. The molecule has 2 rings (SSSR count). The fourth-order valence-corrected chi connectivity index (χ4v) is 2.14. The minimum Gasteiger partial charge on any atom is -0.366 e. The van der Waals surface area contributed by atoms with Crippen molar-refractivity contribution in [3.05, 3.63) is 18.5 Å². The van der Waals surface area contributed by atoms with Crippen LogP contribution in [-0.4, -0.2) is 55.6 Å². The number of aromatic nitrogens is 1. The van der Waals surface area contributed by atoms with Crippen LogP contribution in [0.25, 0.3) is 0 Å². The van der Waals surface area contributed by atoms with E-state index in [1.807, 2.05) is 25.5 Å². The number of carbonyl (C=O) groups excluding carboxylic acids is 1. The zero-order valence-electron chi connectivity index (χ0n) is 10.4. The normalized spacial score (nSPS) is 21.4. The van der Waals surface area contributed by atoms with Crippen LogP contribution < -0.4 is 10.2 Å². The molecule has 1 atom stereocenters. The lowest BCUT2D eigenvalue weighted by Crippen LogP contribution is -2.50. The molecule has 0 aliphatic carbocycles. The molecule has 5 heteroatoms. The molecular formula is C12H20N4O. The van der Waals surface area contributed by atoms with Crippen molar-refractivity contribution in [2.24, 2.45) is 0 Å². The van der Waals surface area contributed by atoms with Crippen molar-refractivity contribution in [1.82, 2.24) is 15.2 Å². The van der Waals surface area contributed by atoms with Gasteiger partial charge in [-0.2, -0.15) is 0 Å². The summed E-state index contributed by atoms with van der Waals surface area (Å²) in [5.74, 6) is 0.150. The van der Waals surface area contributed by atoms with Crippen molar-refractivity contribution in [1.29, 1.82) is 0 Å². The van der Waals surface area contributed by atoms with Crippen molar-refractivity contribution in [3.8, 4) is 0 Å². The Hall–Kier alpha value is -1.33. The number of piperazine rings is 1. The highest BCUT2D eigenvalue weighted by atomic mass is 16.2. The zero-order chi connectivity index (χ0) is 12.3. The quantitative estimate of drug-likeness (QED) is 0.792. The number of nitrogens with one attached hydrogen (secondary N) is 2. The molecule has 0 spiro atoms. The van der Waals surface area contributed by atoms with Crippen LogP contribution >= 0.6 is 0 Å². The minimum atomic E-state index is 0.150. The van der Waals surface area contributed by atoms with Gasteiger partial charge >= 0.3 is 0 Å². The topological polar surface area (TPSA) is 51.4 Å². The van der Waals surface area contributed by atoms with Crippen molar-refractivity contribution in [2.45, 2.75) is 12.5 Å². The predicted octanol–water partition coefficient (Wildman–Crippen LogP) is 0.271. The Morgan fingerprint density at radius 1 is 1.65 bits per heavy atom. The van der Waals surface area contributed by atoms with Crippen molar-refractivity contribution >= 4 is 11.6 Å². The molecule has 0 bridgehead atoms. The van der Waals surface area contributed by atoms with E-state index < -0.39 is 0 Å². The van der Waals surface area contributed by atoms with Gasteiger partial charge in [0.15, 0.2) is 0 Å². The van der Waals surface area contributed by atoms with Crippen LogP contribution in [0.15, 0.2) is 18.5 Å². The molecule has 0 aromatic carbocycles. The molecule has 1 saturated heterocycles. The van der Waals surface area contributed by atoms with E-state index in [0.29, 0.717) is 6.42 Å². The van der Waals surface area contributed by atoms with E-state index in [1.165, 1.54) is 0 Å². The summed E-state index contributed by atoms with van der Waals surface area (Å²) in [6.07, 6.45) is 4.20. The Morgan fingerprint density at radius 3 is 3.12 bits per heavy atom. The van der Waals surface area contributed by atoms with Gasteiger partial charge in [-0.25, -0.2) is 0 Å². The van der Waals surface area contributed by atoms with E-state index >= 15 is 0 Å².